The molecular weight excluding hydrogens is 176 g/mol. The van der Waals surface area contributed by atoms with Crippen LogP contribution in [0, 0.1) is 5.92 Å². The molecule has 2 saturated heterocycles. The smallest absolute Gasteiger partial charge is 0.147 e. The average Bonchev–Trinajstić information content (AvgIpc) is 2.79. The van der Waals surface area contributed by atoms with Crippen LogP contribution in [-0.2, 0) is 0 Å². The second-order valence-corrected chi connectivity index (χ2v) is 4.03. The van der Waals surface area contributed by atoms with Crippen LogP contribution in [0.15, 0.2) is 18.6 Å². The van der Waals surface area contributed by atoms with Crippen molar-refractivity contribution in [3.8, 4) is 0 Å². The van der Waals surface area contributed by atoms with Crippen LogP contribution in [0.5, 0.6) is 0 Å². The molecule has 0 aromatic carbocycles. The highest BCUT2D eigenvalue weighted by molar-refractivity contribution is 5.39. The molecule has 2 atom stereocenters. The van der Waals surface area contributed by atoms with E-state index in [0.717, 1.165) is 24.8 Å². The fourth-order valence-electron chi connectivity index (χ4n) is 2.57. The Kier molecular flexibility index (Phi) is 1.87. The summed E-state index contributed by atoms with van der Waals surface area (Å²) < 4.78 is 0. The Labute approximate surface area is 83.4 Å². The van der Waals surface area contributed by atoms with Gasteiger partial charge in [-0.05, 0) is 12.3 Å². The highest BCUT2D eigenvalue weighted by atomic mass is 15.3. The lowest BCUT2D eigenvalue weighted by Crippen LogP contribution is -2.34. The number of fused-ring (bicyclic) bond motifs is 1. The van der Waals surface area contributed by atoms with Crippen LogP contribution in [0.1, 0.15) is 6.42 Å². The zero-order chi connectivity index (χ0) is 9.38. The number of nitrogens with zero attached hydrogens (tertiary/aromatic N) is 3. The lowest BCUT2D eigenvalue weighted by molar-refractivity contribution is 0.577. The third kappa shape index (κ3) is 1.18. The summed E-state index contributed by atoms with van der Waals surface area (Å²) in [5, 5.41) is 3.43. The van der Waals surface area contributed by atoms with Gasteiger partial charge in [0.25, 0.3) is 0 Å². The average molecular weight is 190 g/mol. The minimum Gasteiger partial charge on any atom is -0.351 e. The first-order valence-electron chi connectivity index (χ1n) is 5.18. The summed E-state index contributed by atoms with van der Waals surface area (Å²) in [5.41, 5.74) is 0. The topological polar surface area (TPSA) is 41.1 Å². The van der Waals surface area contributed by atoms with Crippen LogP contribution in [0.4, 0.5) is 5.82 Å². The van der Waals surface area contributed by atoms with Gasteiger partial charge in [-0.1, -0.05) is 0 Å². The Morgan fingerprint density at radius 1 is 1.36 bits per heavy atom. The number of rotatable bonds is 1. The highest BCUT2D eigenvalue weighted by Gasteiger charge is 2.37. The van der Waals surface area contributed by atoms with E-state index in [9.17, 15) is 0 Å². The molecule has 3 rings (SSSR count). The lowest BCUT2D eigenvalue weighted by Gasteiger charge is -2.23. The standard InChI is InChI=1S/C10H14N4/c1-4-14(9-6-12-5-8(1)9)10-7-11-2-3-13-10/h2-3,7-9,12H,1,4-6H2/t8-,9+/m0/s1. The minimum absolute atomic E-state index is 0.645. The maximum absolute atomic E-state index is 4.36. The predicted molar refractivity (Wildman–Crippen MR) is 54.1 cm³/mol. The third-order valence-corrected chi connectivity index (χ3v) is 3.29. The van der Waals surface area contributed by atoms with Gasteiger partial charge in [0.15, 0.2) is 0 Å². The zero-order valence-electron chi connectivity index (χ0n) is 8.06. The number of anilines is 1. The van der Waals surface area contributed by atoms with Gasteiger partial charge >= 0.3 is 0 Å². The molecule has 0 spiro atoms. The van der Waals surface area contributed by atoms with Crippen LogP contribution in [0.3, 0.4) is 0 Å². The normalized spacial score (nSPS) is 30.7. The lowest BCUT2D eigenvalue weighted by atomic mass is 10.1. The molecule has 4 nitrogen and oxygen atoms in total. The second kappa shape index (κ2) is 3.20. The number of hydrogen-bond donors (Lipinski definition) is 1. The van der Waals surface area contributed by atoms with Crippen molar-refractivity contribution >= 4 is 5.82 Å². The minimum atomic E-state index is 0.645. The first kappa shape index (κ1) is 8.17. The van der Waals surface area contributed by atoms with Gasteiger partial charge in [0.1, 0.15) is 5.82 Å². The number of hydrogen-bond acceptors (Lipinski definition) is 4. The molecule has 0 radical (unpaired) electrons. The van der Waals surface area contributed by atoms with E-state index in [4.69, 9.17) is 0 Å². The first-order chi connectivity index (χ1) is 6.95. The molecule has 3 heterocycles. The van der Waals surface area contributed by atoms with Crippen molar-refractivity contribution in [1.82, 2.24) is 15.3 Å². The first-order valence-corrected chi connectivity index (χ1v) is 5.18. The predicted octanol–water partition coefficient (Wildman–Crippen LogP) is 0.275. The van der Waals surface area contributed by atoms with Gasteiger partial charge in [-0.15, -0.1) is 0 Å². The molecule has 1 N–H and O–H groups in total. The molecule has 0 aliphatic carbocycles. The molecular formula is C10H14N4. The SMILES string of the molecule is c1cnc(N2CC[C@H]3CNC[C@H]32)cn1. The Morgan fingerprint density at radius 3 is 3.21 bits per heavy atom. The molecule has 4 heteroatoms. The van der Waals surface area contributed by atoms with E-state index in [2.05, 4.69) is 20.2 Å². The summed E-state index contributed by atoms with van der Waals surface area (Å²) in [6, 6.07) is 0.645. The van der Waals surface area contributed by atoms with Crippen molar-refractivity contribution in [2.45, 2.75) is 12.5 Å². The Morgan fingerprint density at radius 2 is 2.36 bits per heavy atom. The van der Waals surface area contributed by atoms with E-state index >= 15 is 0 Å². The third-order valence-electron chi connectivity index (χ3n) is 3.29. The number of aromatic nitrogens is 2. The maximum atomic E-state index is 4.36. The fourth-order valence-corrected chi connectivity index (χ4v) is 2.57. The van der Waals surface area contributed by atoms with E-state index in [0.29, 0.717) is 6.04 Å². The van der Waals surface area contributed by atoms with Crippen LogP contribution in [0.2, 0.25) is 0 Å². The van der Waals surface area contributed by atoms with E-state index in [-0.39, 0.29) is 0 Å². The Balaban J connectivity index is 1.86. The van der Waals surface area contributed by atoms with E-state index in [1.54, 1.807) is 12.4 Å². The van der Waals surface area contributed by atoms with Crippen LogP contribution < -0.4 is 10.2 Å². The van der Waals surface area contributed by atoms with Crippen molar-refractivity contribution in [3.63, 3.8) is 0 Å². The maximum Gasteiger partial charge on any atom is 0.147 e. The molecule has 14 heavy (non-hydrogen) atoms. The highest BCUT2D eigenvalue weighted by Crippen LogP contribution is 2.29. The van der Waals surface area contributed by atoms with E-state index in [1.165, 1.54) is 13.0 Å². The summed E-state index contributed by atoms with van der Waals surface area (Å²) in [5.74, 6) is 1.85. The van der Waals surface area contributed by atoms with Crippen molar-refractivity contribution in [1.29, 1.82) is 0 Å². The van der Waals surface area contributed by atoms with Crippen molar-refractivity contribution in [3.05, 3.63) is 18.6 Å². The molecule has 0 saturated carbocycles. The molecule has 1 aromatic heterocycles. The molecule has 74 valence electrons. The van der Waals surface area contributed by atoms with Crippen LogP contribution in [0.25, 0.3) is 0 Å². The van der Waals surface area contributed by atoms with E-state index < -0.39 is 0 Å². The van der Waals surface area contributed by atoms with Crippen molar-refractivity contribution in [2.75, 3.05) is 24.5 Å². The molecule has 2 aliphatic rings. The molecule has 2 aliphatic heterocycles. The summed E-state index contributed by atoms with van der Waals surface area (Å²) in [7, 11) is 0. The van der Waals surface area contributed by atoms with Crippen LogP contribution in [-0.4, -0.2) is 35.6 Å². The van der Waals surface area contributed by atoms with Gasteiger partial charge in [-0.2, -0.15) is 0 Å². The summed E-state index contributed by atoms with van der Waals surface area (Å²) in [6.45, 7) is 3.40. The Bertz CT molecular complexity index is 313. The zero-order valence-corrected chi connectivity index (χ0v) is 8.06. The molecule has 0 amide bonds. The van der Waals surface area contributed by atoms with Gasteiger partial charge in [-0.3, -0.25) is 4.98 Å². The van der Waals surface area contributed by atoms with Gasteiger partial charge in [0, 0.05) is 38.1 Å². The largest absolute Gasteiger partial charge is 0.351 e. The van der Waals surface area contributed by atoms with Crippen LogP contribution >= 0.6 is 0 Å². The number of nitrogens with one attached hydrogen (secondary N) is 1. The molecule has 0 bridgehead atoms. The van der Waals surface area contributed by atoms with Gasteiger partial charge in [0.2, 0.25) is 0 Å². The van der Waals surface area contributed by atoms with Crippen molar-refractivity contribution in [2.24, 2.45) is 5.92 Å². The molecule has 0 unspecified atom stereocenters. The van der Waals surface area contributed by atoms with Gasteiger partial charge < -0.3 is 10.2 Å². The van der Waals surface area contributed by atoms with Gasteiger partial charge in [-0.25, -0.2) is 4.98 Å². The quantitative estimate of drug-likeness (QED) is 0.690. The van der Waals surface area contributed by atoms with Gasteiger partial charge in [0.05, 0.1) is 6.20 Å². The summed E-state index contributed by atoms with van der Waals surface area (Å²) in [6.07, 6.45) is 6.64. The molecule has 2 fully saturated rings. The summed E-state index contributed by atoms with van der Waals surface area (Å²) in [4.78, 5) is 10.9. The van der Waals surface area contributed by atoms with Crippen molar-refractivity contribution < 1.29 is 0 Å². The second-order valence-electron chi connectivity index (χ2n) is 4.03. The van der Waals surface area contributed by atoms with E-state index in [1.807, 2.05) is 6.20 Å². The Hall–Kier alpha value is -1.16. The monoisotopic (exact) mass is 190 g/mol. The summed E-state index contributed by atoms with van der Waals surface area (Å²) >= 11 is 0. The molecule has 1 aromatic rings. The fraction of sp³-hybridized carbons (Fsp3) is 0.600.